The van der Waals surface area contributed by atoms with E-state index >= 15 is 0 Å². The van der Waals surface area contributed by atoms with Gasteiger partial charge in [0, 0.05) is 38.0 Å². The van der Waals surface area contributed by atoms with Gasteiger partial charge in [-0.3, -0.25) is 9.48 Å². The maximum absolute atomic E-state index is 13.3. The highest BCUT2D eigenvalue weighted by molar-refractivity contribution is 5.94. The largest absolute Gasteiger partial charge is 0.396 e. The minimum absolute atomic E-state index is 0.0338. The third kappa shape index (κ3) is 2.90. The lowest BCUT2D eigenvalue weighted by molar-refractivity contribution is 0.0784. The Labute approximate surface area is 110 Å². The molecule has 0 aliphatic carbocycles. The number of aromatic nitrogens is 2. The molecule has 0 bridgehead atoms. The molecule has 1 amide bonds. The van der Waals surface area contributed by atoms with Gasteiger partial charge in [-0.15, -0.1) is 0 Å². The van der Waals surface area contributed by atoms with Gasteiger partial charge in [0.25, 0.3) is 5.91 Å². The molecule has 6 heteroatoms. The lowest BCUT2D eigenvalue weighted by Crippen LogP contribution is -2.26. The smallest absolute Gasteiger partial charge is 0.254 e. The summed E-state index contributed by atoms with van der Waals surface area (Å²) in [6.45, 7) is 0.415. The van der Waals surface area contributed by atoms with Crippen molar-refractivity contribution in [1.29, 1.82) is 0 Å². The number of nitrogen functional groups attached to an aromatic ring is 1. The quantitative estimate of drug-likeness (QED) is 0.851. The van der Waals surface area contributed by atoms with E-state index < -0.39 is 5.82 Å². The number of amides is 1. The summed E-state index contributed by atoms with van der Waals surface area (Å²) in [4.78, 5) is 13.6. The topological polar surface area (TPSA) is 64.2 Å². The number of rotatable bonds is 3. The molecule has 19 heavy (non-hydrogen) atoms. The number of carbonyl (C=O) groups is 1. The molecule has 0 spiro atoms. The molecule has 2 N–H and O–H groups in total. The number of anilines is 1. The molecule has 1 aromatic carbocycles. The molecule has 0 saturated heterocycles. The first-order valence-corrected chi connectivity index (χ1v) is 5.75. The van der Waals surface area contributed by atoms with E-state index in [-0.39, 0.29) is 17.2 Å². The molecule has 100 valence electrons. The Balaban J connectivity index is 2.12. The molecule has 2 rings (SSSR count). The Morgan fingerprint density at radius 2 is 2.26 bits per heavy atom. The number of carbonyl (C=O) groups excluding carboxylic acids is 1. The zero-order chi connectivity index (χ0) is 14.0. The Kier molecular flexibility index (Phi) is 3.50. The molecule has 0 aliphatic rings. The van der Waals surface area contributed by atoms with Crippen LogP contribution in [0.2, 0.25) is 0 Å². The Morgan fingerprint density at radius 3 is 2.84 bits per heavy atom. The lowest BCUT2D eigenvalue weighted by atomic mass is 10.1. The van der Waals surface area contributed by atoms with Crippen LogP contribution in [0.5, 0.6) is 0 Å². The van der Waals surface area contributed by atoms with E-state index in [2.05, 4.69) is 5.10 Å². The van der Waals surface area contributed by atoms with E-state index in [0.717, 1.165) is 11.6 Å². The van der Waals surface area contributed by atoms with Gasteiger partial charge in [-0.2, -0.15) is 5.10 Å². The fraction of sp³-hybridized carbons (Fsp3) is 0.231. The third-order valence-electron chi connectivity index (χ3n) is 2.77. The highest BCUT2D eigenvalue weighted by Gasteiger charge is 2.14. The second-order valence-electron chi connectivity index (χ2n) is 4.42. The number of nitrogens with two attached hydrogens (primary N) is 1. The summed E-state index contributed by atoms with van der Waals surface area (Å²) in [5, 5.41) is 4.03. The Hall–Kier alpha value is -2.37. The van der Waals surface area contributed by atoms with Crippen molar-refractivity contribution >= 4 is 11.6 Å². The van der Waals surface area contributed by atoms with Crippen molar-refractivity contribution in [3.05, 3.63) is 47.5 Å². The van der Waals surface area contributed by atoms with Crippen molar-refractivity contribution < 1.29 is 9.18 Å². The minimum Gasteiger partial charge on any atom is -0.396 e. The van der Waals surface area contributed by atoms with Crippen LogP contribution in [0.1, 0.15) is 15.9 Å². The number of benzene rings is 1. The van der Waals surface area contributed by atoms with E-state index in [0.29, 0.717) is 6.54 Å². The molecular weight excluding hydrogens is 247 g/mol. The second kappa shape index (κ2) is 5.09. The van der Waals surface area contributed by atoms with E-state index in [1.807, 2.05) is 6.20 Å². The van der Waals surface area contributed by atoms with E-state index in [1.165, 1.54) is 17.0 Å². The van der Waals surface area contributed by atoms with Gasteiger partial charge in [-0.25, -0.2) is 4.39 Å². The molecule has 5 nitrogen and oxygen atoms in total. The number of hydrogen-bond donors (Lipinski definition) is 1. The molecule has 0 aliphatic heterocycles. The molecule has 0 atom stereocenters. The third-order valence-corrected chi connectivity index (χ3v) is 2.77. The van der Waals surface area contributed by atoms with Crippen molar-refractivity contribution in [1.82, 2.24) is 14.7 Å². The summed E-state index contributed by atoms with van der Waals surface area (Å²) in [6.07, 6.45) is 3.51. The molecule has 1 aromatic heterocycles. The van der Waals surface area contributed by atoms with Crippen molar-refractivity contribution in [3.63, 3.8) is 0 Å². The van der Waals surface area contributed by atoms with Crippen LogP contribution in [0.25, 0.3) is 0 Å². The van der Waals surface area contributed by atoms with Crippen LogP contribution in [0.15, 0.2) is 30.6 Å². The van der Waals surface area contributed by atoms with Crippen LogP contribution in [0.4, 0.5) is 10.1 Å². The normalized spacial score (nSPS) is 10.5. The molecule has 0 fully saturated rings. The van der Waals surface area contributed by atoms with Gasteiger partial charge >= 0.3 is 0 Å². The van der Waals surface area contributed by atoms with Gasteiger partial charge in [0.1, 0.15) is 5.82 Å². The van der Waals surface area contributed by atoms with Crippen LogP contribution in [0, 0.1) is 5.82 Å². The Bertz CT molecular complexity index is 608. The zero-order valence-corrected chi connectivity index (χ0v) is 10.8. The lowest BCUT2D eigenvalue weighted by Gasteiger charge is -2.16. The van der Waals surface area contributed by atoms with Gasteiger partial charge < -0.3 is 10.6 Å². The van der Waals surface area contributed by atoms with E-state index in [4.69, 9.17) is 5.73 Å². The number of halogens is 1. The predicted octanol–water partition coefficient (Wildman–Crippen LogP) is 1.41. The van der Waals surface area contributed by atoms with Gasteiger partial charge in [0.2, 0.25) is 0 Å². The van der Waals surface area contributed by atoms with Crippen molar-refractivity contribution in [3.8, 4) is 0 Å². The maximum Gasteiger partial charge on any atom is 0.254 e. The van der Waals surface area contributed by atoms with E-state index in [9.17, 15) is 9.18 Å². The molecule has 0 unspecified atom stereocenters. The van der Waals surface area contributed by atoms with Gasteiger partial charge in [0.05, 0.1) is 11.9 Å². The fourth-order valence-corrected chi connectivity index (χ4v) is 1.78. The van der Waals surface area contributed by atoms with Crippen molar-refractivity contribution in [2.75, 3.05) is 12.8 Å². The summed E-state index contributed by atoms with van der Waals surface area (Å²) in [5.74, 6) is -0.844. The highest BCUT2D eigenvalue weighted by atomic mass is 19.1. The van der Waals surface area contributed by atoms with Crippen LogP contribution in [-0.2, 0) is 13.6 Å². The van der Waals surface area contributed by atoms with Gasteiger partial charge in [-0.1, -0.05) is 0 Å². The molecule has 1 heterocycles. The standard InChI is InChI=1S/C13H15FN4O/c1-17(7-9-6-16-18(2)8-9)13(19)10-3-4-12(15)11(14)5-10/h3-6,8H,7,15H2,1-2H3. The minimum atomic E-state index is -0.583. The monoisotopic (exact) mass is 262 g/mol. The SMILES string of the molecule is CN(Cc1cnn(C)c1)C(=O)c1ccc(N)c(F)c1. The van der Waals surface area contributed by atoms with Crippen molar-refractivity contribution in [2.45, 2.75) is 6.54 Å². The summed E-state index contributed by atoms with van der Waals surface area (Å²) < 4.78 is 15.0. The number of aryl methyl sites for hydroxylation is 1. The van der Waals surface area contributed by atoms with Gasteiger partial charge in [-0.05, 0) is 18.2 Å². The van der Waals surface area contributed by atoms with E-state index in [1.54, 1.807) is 25.0 Å². The van der Waals surface area contributed by atoms with Crippen LogP contribution < -0.4 is 5.73 Å². The first-order valence-electron chi connectivity index (χ1n) is 5.75. The highest BCUT2D eigenvalue weighted by Crippen LogP contribution is 2.14. The summed E-state index contributed by atoms with van der Waals surface area (Å²) in [5.41, 5.74) is 6.60. The Morgan fingerprint density at radius 1 is 1.53 bits per heavy atom. The number of nitrogens with zero attached hydrogens (tertiary/aromatic N) is 3. The van der Waals surface area contributed by atoms with Crippen LogP contribution >= 0.6 is 0 Å². The first kappa shape index (κ1) is 13.1. The van der Waals surface area contributed by atoms with Crippen LogP contribution in [0.3, 0.4) is 0 Å². The fourth-order valence-electron chi connectivity index (χ4n) is 1.78. The summed E-state index contributed by atoms with van der Waals surface area (Å²) in [6, 6.07) is 4.05. The maximum atomic E-state index is 13.3. The molecule has 2 aromatic rings. The molecule has 0 saturated carbocycles. The first-order chi connectivity index (χ1) is 8.97. The molecular formula is C13H15FN4O. The van der Waals surface area contributed by atoms with Crippen molar-refractivity contribution in [2.24, 2.45) is 7.05 Å². The number of hydrogen-bond acceptors (Lipinski definition) is 3. The summed E-state index contributed by atoms with van der Waals surface area (Å²) >= 11 is 0. The zero-order valence-electron chi connectivity index (χ0n) is 10.8. The molecule has 0 radical (unpaired) electrons. The average Bonchev–Trinajstić information content (AvgIpc) is 2.77. The van der Waals surface area contributed by atoms with Crippen LogP contribution in [-0.4, -0.2) is 27.6 Å². The predicted molar refractivity (Wildman–Crippen MR) is 69.8 cm³/mol. The summed E-state index contributed by atoms with van der Waals surface area (Å²) in [7, 11) is 3.46. The average molecular weight is 262 g/mol. The van der Waals surface area contributed by atoms with Gasteiger partial charge in [0.15, 0.2) is 0 Å². The second-order valence-corrected chi connectivity index (χ2v) is 4.42.